The summed E-state index contributed by atoms with van der Waals surface area (Å²) in [5, 5.41) is 0. The normalized spacial score (nSPS) is 28.6. The number of hydrogen-bond acceptors (Lipinski definition) is 2. The zero-order chi connectivity index (χ0) is 15.6. The van der Waals surface area contributed by atoms with Crippen LogP contribution in [0.25, 0.3) is 0 Å². The molecule has 2 N–H and O–H groups in total. The average Bonchev–Trinajstić information content (AvgIpc) is 2.56. The van der Waals surface area contributed by atoms with Crippen molar-refractivity contribution < 1.29 is 9.59 Å². The van der Waals surface area contributed by atoms with Crippen LogP contribution in [0, 0.1) is 11.3 Å². The predicted molar refractivity (Wildman–Crippen MR) is 85.2 cm³/mol. The van der Waals surface area contributed by atoms with Crippen molar-refractivity contribution in [3.05, 3.63) is 0 Å². The number of carbonyl (C=O) groups is 2. The predicted octanol–water partition coefficient (Wildman–Crippen LogP) is 2.35. The van der Waals surface area contributed by atoms with Crippen molar-refractivity contribution in [1.29, 1.82) is 0 Å². The molecule has 0 aromatic heterocycles. The molecule has 1 atom stereocenters. The zero-order valence-electron chi connectivity index (χ0n) is 13.6. The standard InChI is InChI=1S/C17H29N3O2/c18-16(22)20-10-4-5-14(13-20)15(21)19-11-8-17(9-12-19)6-2-1-3-7-17/h14H,1-13H2,(H2,18,22)/t14-/m1/s1. The molecule has 0 radical (unpaired) electrons. The number of piperidine rings is 2. The fourth-order valence-electron chi connectivity index (χ4n) is 4.64. The molecule has 5 heteroatoms. The molecular weight excluding hydrogens is 278 g/mol. The molecule has 3 aliphatic rings. The van der Waals surface area contributed by atoms with Crippen LogP contribution in [0.5, 0.6) is 0 Å². The molecule has 3 fully saturated rings. The fourth-order valence-corrected chi connectivity index (χ4v) is 4.64. The molecule has 1 saturated carbocycles. The van der Waals surface area contributed by atoms with Crippen LogP contribution in [0.1, 0.15) is 57.8 Å². The van der Waals surface area contributed by atoms with E-state index in [1.807, 2.05) is 0 Å². The molecule has 3 rings (SSSR count). The lowest BCUT2D eigenvalue weighted by atomic mass is 9.68. The molecule has 1 spiro atoms. The summed E-state index contributed by atoms with van der Waals surface area (Å²) in [6.45, 7) is 3.02. The molecule has 0 aromatic rings. The third kappa shape index (κ3) is 3.23. The molecule has 1 aliphatic carbocycles. The van der Waals surface area contributed by atoms with Gasteiger partial charge in [-0.2, -0.15) is 0 Å². The second-order valence-corrected chi connectivity index (χ2v) is 7.51. The highest BCUT2D eigenvalue weighted by molar-refractivity contribution is 5.80. The molecule has 0 unspecified atom stereocenters. The molecule has 2 aliphatic heterocycles. The second kappa shape index (κ2) is 6.47. The number of nitrogens with two attached hydrogens (primary N) is 1. The lowest BCUT2D eigenvalue weighted by Gasteiger charge is -2.45. The van der Waals surface area contributed by atoms with Crippen molar-refractivity contribution in [3.63, 3.8) is 0 Å². The number of hydrogen-bond donors (Lipinski definition) is 1. The average molecular weight is 307 g/mol. The molecule has 5 nitrogen and oxygen atoms in total. The largest absolute Gasteiger partial charge is 0.351 e. The number of amides is 3. The van der Waals surface area contributed by atoms with E-state index >= 15 is 0 Å². The van der Waals surface area contributed by atoms with Crippen LogP contribution in [0.3, 0.4) is 0 Å². The van der Waals surface area contributed by atoms with Gasteiger partial charge in [-0.3, -0.25) is 4.79 Å². The van der Waals surface area contributed by atoms with Crippen LogP contribution in [-0.4, -0.2) is 47.9 Å². The Balaban J connectivity index is 1.54. The summed E-state index contributed by atoms with van der Waals surface area (Å²) in [4.78, 5) is 27.7. The lowest BCUT2D eigenvalue weighted by Crippen LogP contribution is -2.51. The van der Waals surface area contributed by atoms with Crippen molar-refractivity contribution >= 4 is 11.9 Å². The molecule has 2 saturated heterocycles. The monoisotopic (exact) mass is 307 g/mol. The van der Waals surface area contributed by atoms with Crippen LogP contribution < -0.4 is 5.73 Å². The maximum Gasteiger partial charge on any atom is 0.314 e. The van der Waals surface area contributed by atoms with Gasteiger partial charge in [0.15, 0.2) is 0 Å². The molecule has 2 heterocycles. The SMILES string of the molecule is NC(=O)N1CCC[C@@H](C(=O)N2CCC3(CCCCC3)CC2)C1. The third-order valence-electron chi connectivity index (χ3n) is 6.13. The molecule has 0 bridgehead atoms. The van der Waals surface area contributed by atoms with Gasteiger partial charge in [-0.25, -0.2) is 4.79 Å². The van der Waals surface area contributed by atoms with Crippen LogP contribution in [0.4, 0.5) is 4.79 Å². The van der Waals surface area contributed by atoms with E-state index in [0.29, 0.717) is 18.5 Å². The minimum Gasteiger partial charge on any atom is -0.351 e. The summed E-state index contributed by atoms with van der Waals surface area (Å²) in [7, 11) is 0. The van der Waals surface area contributed by atoms with Crippen molar-refractivity contribution in [1.82, 2.24) is 9.80 Å². The first kappa shape index (κ1) is 15.6. The highest BCUT2D eigenvalue weighted by Crippen LogP contribution is 2.44. The van der Waals surface area contributed by atoms with Crippen molar-refractivity contribution in [2.75, 3.05) is 26.2 Å². The summed E-state index contributed by atoms with van der Waals surface area (Å²) in [5.74, 6) is 0.207. The van der Waals surface area contributed by atoms with Gasteiger partial charge in [-0.15, -0.1) is 0 Å². The van der Waals surface area contributed by atoms with Crippen LogP contribution in [0.2, 0.25) is 0 Å². The first-order valence-corrected chi connectivity index (χ1v) is 8.93. The van der Waals surface area contributed by atoms with E-state index in [1.165, 1.54) is 44.9 Å². The van der Waals surface area contributed by atoms with E-state index in [0.717, 1.165) is 25.9 Å². The summed E-state index contributed by atoms with van der Waals surface area (Å²) < 4.78 is 0. The highest BCUT2D eigenvalue weighted by atomic mass is 16.2. The molecule has 124 valence electrons. The van der Waals surface area contributed by atoms with Gasteiger partial charge in [0.25, 0.3) is 0 Å². The van der Waals surface area contributed by atoms with Crippen LogP contribution in [0.15, 0.2) is 0 Å². The number of rotatable bonds is 1. The van der Waals surface area contributed by atoms with Crippen LogP contribution in [-0.2, 0) is 4.79 Å². The summed E-state index contributed by atoms with van der Waals surface area (Å²) in [5.41, 5.74) is 5.89. The Labute approximate surface area is 133 Å². The zero-order valence-corrected chi connectivity index (χ0v) is 13.6. The highest BCUT2D eigenvalue weighted by Gasteiger charge is 2.38. The quantitative estimate of drug-likeness (QED) is 0.808. The Hall–Kier alpha value is -1.26. The van der Waals surface area contributed by atoms with E-state index in [-0.39, 0.29) is 11.8 Å². The number of nitrogens with zero attached hydrogens (tertiary/aromatic N) is 2. The minimum absolute atomic E-state index is 0.0401. The van der Waals surface area contributed by atoms with E-state index in [9.17, 15) is 9.59 Å². The van der Waals surface area contributed by atoms with Crippen LogP contribution >= 0.6 is 0 Å². The Kier molecular flexibility index (Phi) is 4.59. The number of carbonyl (C=O) groups excluding carboxylic acids is 2. The van der Waals surface area contributed by atoms with Crippen molar-refractivity contribution in [3.8, 4) is 0 Å². The smallest absolute Gasteiger partial charge is 0.314 e. The van der Waals surface area contributed by atoms with Gasteiger partial charge >= 0.3 is 6.03 Å². The Morgan fingerprint density at radius 2 is 1.55 bits per heavy atom. The topological polar surface area (TPSA) is 66.6 Å². The second-order valence-electron chi connectivity index (χ2n) is 7.51. The minimum atomic E-state index is -0.391. The lowest BCUT2D eigenvalue weighted by molar-refractivity contribution is -0.139. The van der Waals surface area contributed by atoms with Gasteiger partial charge in [-0.1, -0.05) is 19.3 Å². The Morgan fingerprint density at radius 1 is 0.864 bits per heavy atom. The molecule has 3 amide bonds. The summed E-state index contributed by atoms with van der Waals surface area (Å²) in [6, 6.07) is -0.391. The Morgan fingerprint density at radius 3 is 2.18 bits per heavy atom. The Bertz CT molecular complexity index is 422. The van der Waals surface area contributed by atoms with Crippen molar-refractivity contribution in [2.24, 2.45) is 17.1 Å². The number of likely N-dealkylation sites (tertiary alicyclic amines) is 2. The first-order valence-electron chi connectivity index (χ1n) is 8.93. The number of primary amides is 1. The maximum absolute atomic E-state index is 12.7. The summed E-state index contributed by atoms with van der Waals surface area (Å²) >= 11 is 0. The van der Waals surface area contributed by atoms with E-state index in [2.05, 4.69) is 4.90 Å². The van der Waals surface area contributed by atoms with Gasteiger partial charge in [-0.05, 0) is 43.9 Å². The molecular formula is C17H29N3O2. The maximum atomic E-state index is 12.7. The van der Waals surface area contributed by atoms with Gasteiger partial charge in [0.05, 0.1) is 5.92 Å². The van der Waals surface area contributed by atoms with Gasteiger partial charge in [0, 0.05) is 26.2 Å². The first-order chi connectivity index (χ1) is 10.6. The summed E-state index contributed by atoms with van der Waals surface area (Å²) in [6.07, 6.45) is 10.9. The molecule has 0 aromatic carbocycles. The van der Waals surface area contributed by atoms with E-state index in [4.69, 9.17) is 5.73 Å². The third-order valence-corrected chi connectivity index (χ3v) is 6.13. The van der Waals surface area contributed by atoms with Gasteiger partial charge in [0.2, 0.25) is 5.91 Å². The van der Waals surface area contributed by atoms with E-state index < -0.39 is 6.03 Å². The molecule has 22 heavy (non-hydrogen) atoms. The van der Waals surface area contributed by atoms with E-state index in [1.54, 1.807) is 4.90 Å². The van der Waals surface area contributed by atoms with Crippen molar-refractivity contribution in [2.45, 2.75) is 57.8 Å². The van der Waals surface area contributed by atoms with Gasteiger partial charge in [0.1, 0.15) is 0 Å². The number of urea groups is 1. The van der Waals surface area contributed by atoms with Gasteiger partial charge < -0.3 is 15.5 Å². The fraction of sp³-hybridized carbons (Fsp3) is 0.882.